The summed E-state index contributed by atoms with van der Waals surface area (Å²) in [5.41, 5.74) is 8.82. The van der Waals surface area contributed by atoms with Gasteiger partial charge < -0.3 is 10.6 Å². The summed E-state index contributed by atoms with van der Waals surface area (Å²) in [6.45, 7) is 7.99. The molecule has 1 aromatic heterocycles. The van der Waals surface area contributed by atoms with Crippen LogP contribution in [0.1, 0.15) is 12.5 Å². The molecule has 0 radical (unpaired) electrons. The number of anilines is 2. The first-order valence-electron chi connectivity index (χ1n) is 7.69. The molecule has 3 rings (SSSR count). The van der Waals surface area contributed by atoms with Gasteiger partial charge in [-0.2, -0.15) is 5.10 Å². The van der Waals surface area contributed by atoms with E-state index < -0.39 is 0 Å². The zero-order valence-corrected chi connectivity index (χ0v) is 13.6. The number of halogens is 1. The highest BCUT2D eigenvalue weighted by Gasteiger charge is 2.19. The molecule has 0 atom stereocenters. The third kappa shape index (κ3) is 3.36. The van der Waals surface area contributed by atoms with Crippen LogP contribution in [-0.2, 0) is 13.1 Å². The summed E-state index contributed by atoms with van der Waals surface area (Å²) in [6, 6.07) is 5.74. The topological polar surface area (TPSA) is 50.3 Å². The summed E-state index contributed by atoms with van der Waals surface area (Å²) in [5, 5.41) is 5.07. The van der Waals surface area contributed by atoms with Gasteiger partial charge in [0, 0.05) is 56.7 Å². The quantitative estimate of drug-likeness (QED) is 0.880. The number of nitrogens with zero attached hydrogens (tertiary/aromatic N) is 4. The van der Waals surface area contributed by atoms with E-state index in [2.05, 4.69) is 28.0 Å². The van der Waals surface area contributed by atoms with Crippen molar-refractivity contribution >= 4 is 23.0 Å². The Bertz CT molecular complexity index is 631. The summed E-state index contributed by atoms with van der Waals surface area (Å²) >= 11 is 6.30. The molecule has 1 fully saturated rings. The molecule has 2 heterocycles. The van der Waals surface area contributed by atoms with Crippen LogP contribution in [0.25, 0.3) is 0 Å². The second kappa shape index (κ2) is 6.58. The van der Waals surface area contributed by atoms with Crippen LogP contribution in [0.3, 0.4) is 0 Å². The number of aryl methyl sites for hydroxylation is 1. The van der Waals surface area contributed by atoms with Gasteiger partial charge in [-0.05, 0) is 25.1 Å². The number of hydrogen-bond acceptors (Lipinski definition) is 4. The van der Waals surface area contributed by atoms with Crippen molar-refractivity contribution < 1.29 is 0 Å². The minimum atomic E-state index is 0.709. The highest BCUT2D eigenvalue weighted by Crippen LogP contribution is 2.28. The molecular formula is C16H22ClN5. The van der Waals surface area contributed by atoms with E-state index in [1.807, 2.05) is 29.1 Å². The fourth-order valence-corrected chi connectivity index (χ4v) is 3.15. The molecule has 1 saturated heterocycles. The van der Waals surface area contributed by atoms with E-state index >= 15 is 0 Å². The lowest BCUT2D eigenvalue weighted by Crippen LogP contribution is -2.46. The molecule has 0 amide bonds. The van der Waals surface area contributed by atoms with Crippen LogP contribution >= 0.6 is 11.6 Å². The summed E-state index contributed by atoms with van der Waals surface area (Å²) in [6.07, 6.45) is 4.09. The average molecular weight is 320 g/mol. The first kappa shape index (κ1) is 15.2. The van der Waals surface area contributed by atoms with Crippen molar-refractivity contribution in [3.05, 3.63) is 41.2 Å². The third-order valence-electron chi connectivity index (χ3n) is 4.10. The van der Waals surface area contributed by atoms with Crippen LogP contribution in [0.2, 0.25) is 5.02 Å². The number of piperazine rings is 1. The molecule has 118 valence electrons. The number of rotatable bonds is 4. The molecule has 1 aromatic carbocycles. The van der Waals surface area contributed by atoms with E-state index in [-0.39, 0.29) is 0 Å². The zero-order valence-electron chi connectivity index (χ0n) is 12.9. The van der Waals surface area contributed by atoms with Crippen LogP contribution in [0.5, 0.6) is 0 Å². The normalized spacial score (nSPS) is 16.2. The Morgan fingerprint density at radius 1 is 1.23 bits per heavy atom. The first-order chi connectivity index (χ1) is 10.7. The molecule has 0 bridgehead atoms. The van der Waals surface area contributed by atoms with E-state index in [0.29, 0.717) is 5.69 Å². The van der Waals surface area contributed by atoms with Crippen molar-refractivity contribution in [2.24, 2.45) is 0 Å². The lowest BCUT2D eigenvalue weighted by Gasteiger charge is -2.36. The van der Waals surface area contributed by atoms with Crippen molar-refractivity contribution in [1.82, 2.24) is 14.7 Å². The third-order valence-corrected chi connectivity index (χ3v) is 4.40. The largest absolute Gasteiger partial charge is 0.399 e. The van der Waals surface area contributed by atoms with Crippen molar-refractivity contribution in [2.75, 3.05) is 36.8 Å². The Labute approximate surface area is 136 Å². The van der Waals surface area contributed by atoms with Gasteiger partial charge in [-0.1, -0.05) is 11.6 Å². The second-order valence-electron chi connectivity index (χ2n) is 5.68. The van der Waals surface area contributed by atoms with Crippen molar-refractivity contribution in [2.45, 2.75) is 20.0 Å². The number of nitrogens with two attached hydrogens (primary N) is 1. The van der Waals surface area contributed by atoms with Gasteiger partial charge in [0.2, 0.25) is 0 Å². The van der Waals surface area contributed by atoms with Crippen LogP contribution in [-0.4, -0.2) is 40.9 Å². The Balaban J connectivity index is 1.58. The Hall–Kier alpha value is -1.72. The number of nitrogen functional groups attached to an aromatic ring is 1. The molecule has 0 unspecified atom stereocenters. The lowest BCUT2D eigenvalue weighted by molar-refractivity contribution is 0.250. The van der Waals surface area contributed by atoms with Crippen molar-refractivity contribution in [1.29, 1.82) is 0 Å². The first-order valence-corrected chi connectivity index (χ1v) is 8.07. The molecule has 0 aliphatic carbocycles. The minimum Gasteiger partial charge on any atom is -0.399 e. The van der Waals surface area contributed by atoms with E-state index in [9.17, 15) is 0 Å². The van der Waals surface area contributed by atoms with Crippen molar-refractivity contribution in [3.63, 3.8) is 0 Å². The highest BCUT2D eigenvalue weighted by atomic mass is 35.5. The van der Waals surface area contributed by atoms with Gasteiger partial charge in [0.15, 0.2) is 0 Å². The zero-order chi connectivity index (χ0) is 15.5. The van der Waals surface area contributed by atoms with Crippen LogP contribution in [0.4, 0.5) is 11.4 Å². The molecule has 2 N–H and O–H groups in total. The summed E-state index contributed by atoms with van der Waals surface area (Å²) in [7, 11) is 0. The second-order valence-corrected chi connectivity index (χ2v) is 6.09. The maximum atomic E-state index is 6.30. The SMILES string of the molecule is CCn1cc(CN2CCN(c3ccc(N)cc3Cl)CC2)cn1. The monoisotopic (exact) mass is 319 g/mol. The summed E-state index contributed by atoms with van der Waals surface area (Å²) < 4.78 is 1.97. The molecule has 1 aliphatic rings. The minimum absolute atomic E-state index is 0.709. The van der Waals surface area contributed by atoms with Gasteiger partial charge >= 0.3 is 0 Å². The Kier molecular flexibility index (Phi) is 4.55. The average Bonchev–Trinajstić information content (AvgIpc) is 2.96. The van der Waals surface area contributed by atoms with Gasteiger partial charge in [0.1, 0.15) is 0 Å². The fraction of sp³-hybridized carbons (Fsp3) is 0.438. The molecule has 0 spiro atoms. The van der Waals surface area contributed by atoms with Gasteiger partial charge in [-0.3, -0.25) is 9.58 Å². The molecule has 22 heavy (non-hydrogen) atoms. The van der Waals surface area contributed by atoms with Gasteiger partial charge in [-0.25, -0.2) is 0 Å². The van der Waals surface area contributed by atoms with E-state index in [1.54, 1.807) is 0 Å². The summed E-state index contributed by atoms with van der Waals surface area (Å²) in [4.78, 5) is 4.78. The smallest absolute Gasteiger partial charge is 0.0660 e. The molecule has 5 nitrogen and oxygen atoms in total. The molecule has 0 saturated carbocycles. The van der Waals surface area contributed by atoms with Crippen LogP contribution in [0, 0.1) is 0 Å². The van der Waals surface area contributed by atoms with Gasteiger partial charge in [0.05, 0.1) is 16.9 Å². The van der Waals surface area contributed by atoms with E-state index in [4.69, 9.17) is 17.3 Å². The maximum Gasteiger partial charge on any atom is 0.0660 e. The summed E-state index contributed by atoms with van der Waals surface area (Å²) in [5.74, 6) is 0. The predicted molar refractivity (Wildman–Crippen MR) is 91.3 cm³/mol. The van der Waals surface area contributed by atoms with Gasteiger partial charge in [-0.15, -0.1) is 0 Å². The molecule has 6 heteroatoms. The predicted octanol–water partition coefficient (Wildman–Crippen LogP) is 2.46. The van der Waals surface area contributed by atoms with Crippen molar-refractivity contribution in [3.8, 4) is 0 Å². The number of benzene rings is 1. The van der Waals surface area contributed by atoms with E-state index in [1.165, 1.54) is 5.56 Å². The molecular weight excluding hydrogens is 298 g/mol. The highest BCUT2D eigenvalue weighted by molar-refractivity contribution is 6.33. The molecule has 1 aliphatic heterocycles. The lowest BCUT2D eigenvalue weighted by atomic mass is 10.2. The molecule has 2 aromatic rings. The number of aromatic nitrogens is 2. The Morgan fingerprint density at radius 2 is 2.00 bits per heavy atom. The number of hydrogen-bond donors (Lipinski definition) is 1. The Morgan fingerprint density at radius 3 is 2.64 bits per heavy atom. The van der Waals surface area contributed by atoms with Gasteiger partial charge in [0.25, 0.3) is 0 Å². The standard InChI is InChI=1S/C16H22ClN5/c1-2-22-12-13(10-19-22)11-20-5-7-21(8-6-20)16-4-3-14(18)9-15(16)17/h3-4,9-10,12H,2,5-8,11,18H2,1H3. The maximum absolute atomic E-state index is 6.30. The van der Waals surface area contributed by atoms with Crippen LogP contribution in [0.15, 0.2) is 30.6 Å². The van der Waals surface area contributed by atoms with Crippen LogP contribution < -0.4 is 10.6 Å². The van der Waals surface area contributed by atoms with E-state index in [0.717, 1.165) is 50.0 Å². The fourth-order valence-electron chi connectivity index (χ4n) is 2.85.